The number of hydrogen-bond donors (Lipinski definition) is 3. The molecule has 4 rings (SSSR count). The van der Waals surface area contributed by atoms with Crippen LogP contribution in [0.1, 0.15) is 27.7 Å². The SMILES string of the molecule is NC(=O)c1cc(-c2cccnc2C(Cc2cc(F)cc(F)c2)NC(=O)COc2cc[nH]c(=O)c2)ccc1F. The minimum absolute atomic E-state index is 0.0701. The number of pyridine rings is 2. The van der Waals surface area contributed by atoms with E-state index in [2.05, 4.69) is 15.3 Å². The topological polar surface area (TPSA) is 127 Å². The quantitative estimate of drug-likeness (QED) is 0.310. The first-order chi connectivity index (χ1) is 18.2. The number of H-pyrrole nitrogens is 1. The minimum Gasteiger partial charge on any atom is -0.484 e. The van der Waals surface area contributed by atoms with Gasteiger partial charge in [-0.15, -0.1) is 0 Å². The van der Waals surface area contributed by atoms with Gasteiger partial charge in [-0.2, -0.15) is 0 Å². The van der Waals surface area contributed by atoms with Crippen LogP contribution in [0.5, 0.6) is 5.75 Å². The Kier molecular flexibility index (Phi) is 7.86. The summed E-state index contributed by atoms with van der Waals surface area (Å²) < 4.78 is 47.3. The first kappa shape index (κ1) is 26.1. The van der Waals surface area contributed by atoms with Crippen molar-refractivity contribution in [2.45, 2.75) is 12.5 Å². The molecule has 1 unspecified atom stereocenters. The summed E-state index contributed by atoms with van der Waals surface area (Å²) in [4.78, 5) is 42.8. The lowest BCUT2D eigenvalue weighted by molar-refractivity contribution is -0.123. The molecule has 2 amide bonds. The Labute approximate surface area is 214 Å². The minimum atomic E-state index is -0.966. The van der Waals surface area contributed by atoms with E-state index >= 15 is 0 Å². The van der Waals surface area contributed by atoms with Crippen molar-refractivity contribution in [2.24, 2.45) is 5.73 Å². The van der Waals surface area contributed by atoms with Crippen molar-refractivity contribution >= 4 is 11.8 Å². The number of carbonyl (C=O) groups is 2. The molecule has 2 aromatic carbocycles. The molecule has 0 aliphatic carbocycles. The van der Waals surface area contributed by atoms with E-state index in [1.54, 1.807) is 12.1 Å². The predicted octanol–water partition coefficient (Wildman–Crippen LogP) is 3.43. The van der Waals surface area contributed by atoms with Gasteiger partial charge in [0.05, 0.1) is 17.3 Å². The van der Waals surface area contributed by atoms with E-state index in [0.717, 1.165) is 24.3 Å². The van der Waals surface area contributed by atoms with Crippen LogP contribution in [0.4, 0.5) is 13.2 Å². The van der Waals surface area contributed by atoms with E-state index in [-0.39, 0.29) is 29.0 Å². The zero-order valence-corrected chi connectivity index (χ0v) is 19.7. The van der Waals surface area contributed by atoms with Crippen molar-refractivity contribution < 1.29 is 27.5 Å². The number of nitrogens with two attached hydrogens (primary N) is 1. The lowest BCUT2D eigenvalue weighted by Gasteiger charge is -2.22. The Hall–Kier alpha value is -4.93. The van der Waals surface area contributed by atoms with Gasteiger partial charge in [-0.3, -0.25) is 19.4 Å². The second-order valence-corrected chi connectivity index (χ2v) is 8.27. The second-order valence-electron chi connectivity index (χ2n) is 8.27. The molecular formula is C27H21F3N4O4. The van der Waals surface area contributed by atoms with Crippen molar-refractivity contribution in [3.05, 3.63) is 118 Å². The van der Waals surface area contributed by atoms with Crippen LogP contribution >= 0.6 is 0 Å². The Bertz CT molecular complexity index is 1540. The van der Waals surface area contributed by atoms with Gasteiger partial charge in [-0.25, -0.2) is 13.2 Å². The molecular weight excluding hydrogens is 501 g/mol. The molecule has 0 fully saturated rings. The van der Waals surface area contributed by atoms with Crippen molar-refractivity contribution in [1.29, 1.82) is 0 Å². The molecule has 0 radical (unpaired) electrons. The van der Waals surface area contributed by atoms with Crippen molar-refractivity contribution in [3.8, 4) is 16.9 Å². The molecule has 8 nitrogen and oxygen atoms in total. The maximum Gasteiger partial charge on any atom is 0.258 e. The summed E-state index contributed by atoms with van der Waals surface area (Å²) in [7, 11) is 0. The third-order valence-electron chi connectivity index (χ3n) is 5.53. The number of aromatic amines is 1. The van der Waals surface area contributed by atoms with Gasteiger partial charge in [-0.05, 0) is 53.9 Å². The summed E-state index contributed by atoms with van der Waals surface area (Å²) >= 11 is 0. The molecule has 2 aromatic heterocycles. The highest BCUT2D eigenvalue weighted by molar-refractivity contribution is 5.94. The van der Waals surface area contributed by atoms with Gasteiger partial charge in [0.1, 0.15) is 23.2 Å². The third kappa shape index (κ3) is 6.44. The van der Waals surface area contributed by atoms with Gasteiger partial charge in [-0.1, -0.05) is 12.1 Å². The van der Waals surface area contributed by atoms with E-state index in [1.807, 2.05) is 0 Å². The summed E-state index contributed by atoms with van der Waals surface area (Å²) in [5.74, 6) is -3.81. The van der Waals surface area contributed by atoms with Crippen LogP contribution in [-0.2, 0) is 11.2 Å². The molecule has 4 aromatic rings. The highest BCUT2D eigenvalue weighted by atomic mass is 19.1. The molecule has 4 N–H and O–H groups in total. The Balaban J connectivity index is 1.69. The van der Waals surface area contributed by atoms with Crippen LogP contribution in [0, 0.1) is 17.5 Å². The number of amides is 2. The number of aromatic nitrogens is 2. The molecule has 2 heterocycles. The van der Waals surface area contributed by atoms with Crippen LogP contribution in [0.3, 0.4) is 0 Å². The number of carbonyl (C=O) groups excluding carboxylic acids is 2. The van der Waals surface area contributed by atoms with Crippen molar-refractivity contribution in [2.75, 3.05) is 6.61 Å². The number of nitrogens with one attached hydrogen (secondary N) is 2. The molecule has 0 bridgehead atoms. The zero-order valence-electron chi connectivity index (χ0n) is 19.7. The molecule has 0 saturated carbocycles. The molecule has 38 heavy (non-hydrogen) atoms. The Morgan fingerprint density at radius 3 is 2.50 bits per heavy atom. The van der Waals surface area contributed by atoms with Crippen LogP contribution in [0.2, 0.25) is 0 Å². The molecule has 0 spiro atoms. The van der Waals surface area contributed by atoms with Crippen molar-refractivity contribution in [1.82, 2.24) is 15.3 Å². The summed E-state index contributed by atoms with van der Waals surface area (Å²) in [6.45, 7) is -0.470. The first-order valence-electron chi connectivity index (χ1n) is 11.3. The number of ether oxygens (including phenoxy) is 1. The summed E-state index contributed by atoms with van der Waals surface area (Å²) in [5, 5.41) is 2.74. The lowest BCUT2D eigenvalue weighted by atomic mass is 9.94. The monoisotopic (exact) mass is 522 g/mol. The standard InChI is InChI=1S/C27H21F3N4O4/c28-17-8-15(9-18(29)12-17)10-23(34-25(36)14-38-19-5-7-32-24(35)13-19)26-20(2-1-6-33-26)16-3-4-22(30)21(11-16)27(31)37/h1-9,11-13,23H,10,14H2,(H2,31,37)(H,32,35)(H,34,36). The highest BCUT2D eigenvalue weighted by Crippen LogP contribution is 2.30. The first-order valence-corrected chi connectivity index (χ1v) is 11.3. The molecule has 0 aliphatic heterocycles. The summed E-state index contributed by atoms with van der Waals surface area (Å²) in [5.41, 5.74) is 5.86. The van der Waals surface area contributed by atoms with Gasteiger partial charge in [0.15, 0.2) is 6.61 Å². The number of benzene rings is 2. The average molecular weight is 522 g/mol. The van der Waals surface area contributed by atoms with E-state index in [9.17, 15) is 27.6 Å². The molecule has 1 atom stereocenters. The normalized spacial score (nSPS) is 11.6. The molecule has 11 heteroatoms. The van der Waals surface area contributed by atoms with Crippen LogP contribution in [0.25, 0.3) is 11.1 Å². The van der Waals surface area contributed by atoms with Gasteiger partial charge in [0.25, 0.3) is 17.4 Å². The highest BCUT2D eigenvalue weighted by Gasteiger charge is 2.22. The van der Waals surface area contributed by atoms with Crippen LogP contribution in [0.15, 0.2) is 77.9 Å². The zero-order chi connectivity index (χ0) is 27.2. The largest absolute Gasteiger partial charge is 0.484 e. The van der Waals surface area contributed by atoms with Crippen LogP contribution in [-0.4, -0.2) is 28.4 Å². The fourth-order valence-electron chi connectivity index (χ4n) is 3.90. The number of primary amides is 1. The molecule has 0 aliphatic rings. The number of halogens is 3. The smallest absolute Gasteiger partial charge is 0.258 e. The average Bonchev–Trinajstić information content (AvgIpc) is 2.87. The van der Waals surface area contributed by atoms with E-state index < -0.39 is 47.5 Å². The van der Waals surface area contributed by atoms with Crippen LogP contribution < -0.4 is 21.3 Å². The maximum absolute atomic E-state index is 14.1. The van der Waals surface area contributed by atoms with Gasteiger partial charge >= 0.3 is 0 Å². The molecule has 194 valence electrons. The summed E-state index contributed by atoms with van der Waals surface area (Å²) in [6, 6.07) is 11.7. The maximum atomic E-state index is 14.1. The summed E-state index contributed by atoms with van der Waals surface area (Å²) in [6.07, 6.45) is 2.74. The molecule has 0 saturated heterocycles. The lowest BCUT2D eigenvalue weighted by Crippen LogP contribution is -2.34. The second kappa shape index (κ2) is 11.4. The predicted molar refractivity (Wildman–Crippen MR) is 132 cm³/mol. The van der Waals surface area contributed by atoms with Gasteiger partial charge < -0.3 is 20.8 Å². The Morgan fingerprint density at radius 2 is 1.79 bits per heavy atom. The Morgan fingerprint density at radius 1 is 1.03 bits per heavy atom. The van der Waals surface area contributed by atoms with E-state index in [0.29, 0.717) is 11.1 Å². The number of hydrogen-bond acceptors (Lipinski definition) is 5. The van der Waals surface area contributed by atoms with E-state index in [4.69, 9.17) is 10.5 Å². The number of rotatable bonds is 9. The van der Waals surface area contributed by atoms with Gasteiger partial charge in [0.2, 0.25) is 0 Å². The number of nitrogens with zero attached hydrogens (tertiary/aromatic N) is 1. The van der Waals surface area contributed by atoms with Crippen molar-refractivity contribution in [3.63, 3.8) is 0 Å². The van der Waals surface area contributed by atoms with E-state index in [1.165, 1.54) is 36.7 Å². The fourth-order valence-corrected chi connectivity index (χ4v) is 3.90. The van der Waals surface area contributed by atoms with Gasteiger partial charge in [0, 0.05) is 30.1 Å². The fraction of sp³-hybridized carbons (Fsp3) is 0.111. The third-order valence-corrected chi connectivity index (χ3v) is 5.53.